The van der Waals surface area contributed by atoms with Crippen LogP contribution in [0.15, 0.2) is 67.0 Å². The molecule has 3 aromatic rings. The average Bonchev–Trinajstić information content (AvgIpc) is 3.63. The molecule has 0 radical (unpaired) electrons. The fourth-order valence-corrected chi connectivity index (χ4v) is 9.57. The zero-order valence-electron chi connectivity index (χ0n) is 31.5. The number of nitrogens with zero attached hydrogens (tertiary/aromatic N) is 4. The number of sulfonamides is 1. The molecule has 3 N–H and O–H groups in total. The summed E-state index contributed by atoms with van der Waals surface area (Å²) >= 11 is 6.46. The van der Waals surface area contributed by atoms with Crippen LogP contribution in [0.5, 0.6) is 11.5 Å². The number of nitrogens with two attached hydrogens (primary N) is 1. The number of carbonyl (C=O) groups excluding carboxylic acids is 2. The molecule has 5 atom stereocenters. The monoisotopic (exact) mass is 796 g/mol. The summed E-state index contributed by atoms with van der Waals surface area (Å²) in [5, 5.41) is -0.407. The van der Waals surface area contributed by atoms with Crippen LogP contribution >= 0.6 is 11.6 Å². The predicted octanol–water partition coefficient (Wildman–Crippen LogP) is 5.86. The van der Waals surface area contributed by atoms with Gasteiger partial charge < -0.3 is 20.1 Å². The van der Waals surface area contributed by atoms with E-state index in [4.69, 9.17) is 26.8 Å². The number of allylic oxidation sites excluding steroid dienone is 1. The highest BCUT2D eigenvalue weighted by Gasteiger charge is 2.43. The highest BCUT2D eigenvalue weighted by molar-refractivity contribution is 7.90. The van der Waals surface area contributed by atoms with Crippen molar-refractivity contribution < 1.29 is 31.9 Å². The first-order chi connectivity index (χ1) is 26.3. The number of carbonyl (C=O) groups is 2. The lowest BCUT2D eigenvalue weighted by atomic mass is 9.67. The third kappa shape index (κ3) is 9.24. The van der Waals surface area contributed by atoms with E-state index in [1.165, 1.54) is 48.8 Å². The molecule has 12 nitrogen and oxygen atoms in total. The molecule has 1 spiro atoms. The number of halogens is 2. The minimum Gasteiger partial charge on any atom is -0.491 e. The molecular formula is C40H50ClFN6O6S. The van der Waals surface area contributed by atoms with E-state index < -0.39 is 50.3 Å². The molecule has 0 saturated carbocycles. The maximum absolute atomic E-state index is 16.7. The smallest absolute Gasteiger partial charge is 0.264 e. The van der Waals surface area contributed by atoms with Gasteiger partial charge in [0.05, 0.1) is 36.5 Å². The van der Waals surface area contributed by atoms with Crippen molar-refractivity contribution in [2.24, 2.45) is 5.92 Å². The van der Waals surface area contributed by atoms with Gasteiger partial charge in [0, 0.05) is 29.1 Å². The van der Waals surface area contributed by atoms with Crippen molar-refractivity contribution in [3.8, 4) is 11.5 Å². The zero-order chi connectivity index (χ0) is 39.3. The Morgan fingerprint density at radius 1 is 1.15 bits per heavy atom. The molecule has 3 aliphatic heterocycles. The molecule has 1 aliphatic carbocycles. The Kier molecular flexibility index (Phi) is 12.7. The Morgan fingerprint density at radius 2 is 1.93 bits per heavy atom. The SMILES string of the molecule is C[C@@H]1[C@@H](C)C/C=C(\F)[C@H](C(=O)N(C)CCOc2cncnc2)N2CCC[C@H]2CC[C@@]2(CCCc3cc(Cl)ccc32)COc2ccc(cc2N)C(=O)NS1(=O)=O. The van der Waals surface area contributed by atoms with Crippen molar-refractivity contribution in [3.05, 3.63) is 88.7 Å². The second-order valence-electron chi connectivity index (χ2n) is 15.1. The van der Waals surface area contributed by atoms with Gasteiger partial charge in [0.15, 0.2) is 5.75 Å². The number of nitrogens with one attached hydrogen (secondary N) is 1. The number of anilines is 1. The minimum absolute atomic E-state index is 0.0205. The van der Waals surface area contributed by atoms with Crippen LogP contribution in [0, 0.1) is 5.92 Å². The summed E-state index contributed by atoms with van der Waals surface area (Å²) in [4.78, 5) is 38.8. The highest BCUT2D eigenvalue weighted by Crippen LogP contribution is 2.44. The van der Waals surface area contributed by atoms with Crippen molar-refractivity contribution >= 4 is 39.1 Å². The number of nitrogen functional groups attached to an aromatic ring is 1. The van der Waals surface area contributed by atoms with Gasteiger partial charge in [0.2, 0.25) is 15.9 Å². The third-order valence-electron chi connectivity index (χ3n) is 11.5. The van der Waals surface area contributed by atoms with E-state index in [-0.39, 0.29) is 43.5 Å². The summed E-state index contributed by atoms with van der Waals surface area (Å²) in [5.41, 5.74) is 8.53. The second kappa shape index (κ2) is 17.3. The fraction of sp³-hybridized carbons (Fsp3) is 0.500. The summed E-state index contributed by atoms with van der Waals surface area (Å²) in [6.07, 6.45) is 11.3. The van der Waals surface area contributed by atoms with Gasteiger partial charge >= 0.3 is 0 Å². The molecule has 2 aromatic carbocycles. The number of hydrogen-bond donors (Lipinski definition) is 2. The minimum atomic E-state index is -4.18. The van der Waals surface area contributed by atoms with E-state index in [0.717, 1.165) is 43.2 Å². The molecule has 2 bridgehead atoms. The van der Waals surface area contributed by atoms with Gasteiger partial charge in [-0.05, 0) is 112 Å². The number of aromatic nitrogens is 2. The van der Waals surface area contributed by atoms with Crippen molar-refractivity contribution in [2.45, 2.75) is 88.0 Å². The molecule has 4 heterocycles. The van der Waals surface area contributed by atoms with Crippen LogP contribution in [0.1, 0.15) is 80.3 Å². The van der Waals surface area contributed by atoms with Crippen LogP contribution in [0.4, 0.5) is 10.1 Å². The van der Waals surface area contributed by atoms with Gasteiger partial charge in [-0.15, -0.1) is 0 Å². The number of hydrogen-bond acceptors (Lipinski definition) is 10. The quantitative estimate of drug-likeness (QED) is 0.300. The number of likely N-dealkylation sites (N-methyl/N-ethyl adjacent to an activating group) is 1. The van der Waals surface area contributed by atoms with Gasteiger partial charge in [0.25, 0.3) is 5.91 Å². The first-order valence-corrected chi connectivity index (χ1v) is 20.8. The molecule has 4 aliphatic rings. The molecular weight excluding hydrogens is 747 g/mol. The van der Waals surface area contributed by atoms with Gasteiger partial charge in [-0.2, -0.15) is 0 Å². The van der Waals surface area contributed by atoms with Crippen molar-refractivity contribution in [1.29, 1.82) is 0 Å². The fourth-order valence-electron chi connectivity index (χ4n) is 8.09. The van der Waals surface area contributed by atoms with Crippen LogP contribution in [-0.2, 0) is 26.7 Å². The van der Waals surface area contributed by atoms with E-state index in [9.17, 15) is 18.0 Å². The summed E-state index contributed by atoms with van der Waals surface area (Å²) in [6.45, 7) is 4.27. The molecule has 55 heavy (non-hydrogen) atoms. The Morgan fingerprint density at radius 3 is 2.69 bits per heavy atom. The van der Waals surface area contributed by atoms with Gasteiger partial charge in [-0.1, -0.05) is 30.7 Å². The average molecular weight is 797 g/mol. The number of amides is 2. The molecule has 296 valence electrons. The Bertz CT molecular complexity index is 2000. The first kappa shape index (κ1) is 40.4. The van der Waals surface area contributed by atoms with E-state index in [1.54, 1.807) is 20.0 Å². The lowest BCUT2D eigenvalue weighted by Crippen LogP contribution is -2.51. The molecule has 2 amide bonds. The second-order valence-corrected chi connectivity index (χ2v) is 17.6. The van der Waals surface area contributed by atoms with Crippen LogP contribution in [0.2, 0.25) is 5.02 Å². The highest BCUT2D eigenvalue weighted by atomic mass is 35.5. The normalized spacial score (nSPS) is 27.1. The summed E-state index contributed by atoms with van der Waals surface area (Å²) in [5.74, 6) is -1.67. The van der Waals surface area contributed by atoms with E-state index in [1.807, 2.05) is 17.0 Å². The van der Waals surface area contributed by atoms with Crippen LogP contribution in [0.25, 0.3) is 0 Å². The molecule has 1 saturated heterocycles. The number of ether oxygens (including phenoxy) is 2. The summed E-state index contributed by atoms with van der Waals surface area (Å²) in [6, 6.07) is 9.14. The van der Waals surface area contributed by atoms with Crippen LogP contribution < -0.4 is 19.9 Å². The topological polar surface area (TPSA) is 157 Å². The maximum Gasteiger partial charge on any atom is 0.264 e. The summed E-state index contributed by atoms with van der Waals surface area (Å²) in [7, 11) is -2.56. The number of benzene rings is 2. The van der Waals surface area contributed by atoms with Crippen molar-refractivity contribution in [3.63, 3.8) is 0 Å². The van der Waals surface area contributed by atoms with Crippen molar-refractivity contribution in [2.75, 3.05) is 39.1 Å². The number of fused-ring (bicyclic) bond motifs is 12. The van der Waals surface area contributed by atoms with Crippen LogP contribution in [0.3, 0.4) is 0 Å². The Hall–Kier alpha value is -4.27. The van der Waals surface area contributed by atoms with Gasteiger partial charge in [-0.25, -0.2) is 27.5 Å². The van der Waals surface area contributed by atoms with E-state index >= 15 is 4.39 Å². The molecule has 15 heteroatoms. The Balaban J connectivity index is 1.35. The largest absolute Gasteiger partial charge is 0.491 e. The van der Waals surface area contributed by atoms with E-state index in [0.29, 0.717) is 35.9 Å². The van der Waals surface area contributed by atoms with Crippen LogP contribution in [-0.4, -0.2) is 90.7 Å². The van der Waals surface area contributed by atoms with Gasteiger partial charge in [0.1, 0.15) is 30.6 Å². The van der Waals surface area contributed by atoms with Crippen molar-refractivity contribution in [1.82, 2.24) is 24.5 Å². The Labute approximate surface area is 327 Å². The molecule has 0 unspecified atom stereocenters. The van der Waals surface area contributed by atoms with E-state index in [2.05, 4.69) is 20.8 Å². The number of rotatable bonds is 5. The first-order valence-electron chi connectivity index (χ1n) is 18.9. The van der Waals surface area contributed by atoms with Gasteiger partial charge in [-0.3, -0.25) is 14.5 Å². The molecule has 1 fully saturated rings. The summed E-state index contributed by atoms with van der Waals surface area (Å²) < 4.78 is 57.9. The molecule has 1 aromatic heterocycles. The maximum atomic E-state index is 16.7. The lowest BCUT2D eigenvalue weighted by Gasteiger charge is -2.41. The third-order valence-corrected chi connectivity index (χ3v) is 13.7. The predicted molar refractivity (Wildman–Crippen MR) is 209 cm³/mol. The number of aryl methyl sites for hydroxylation is 1. The lowest BCUT2D eigenvalue weighted by molar-refractivity contribution is -0.135. The zero-order valence-corrected chi connectivity index (χ0v) is 33.1. The standard InChI is InChI=1S/C40H50ClFN6O6S/c1-26-8-12-34(42)37(39(50)47(3)18-19-53-32-22-44-25-45-23-32)48-17-5-7-31(48)14-16-40(15-4-6-28-20-30(41)10-11-33(28)40)24-54-36-13-9-29(21-35(36)43)38(49)46-55(51,52)27(26)2/h9-13,20-23,25-27,31,37H,4-8,14-19,24,43H2,1-3H3,(H,46,49)/b34-12-/t26-,27+,31-,37+,40-/m0/s1. The molecule has 7 rings (SSSR count).